The van der Waals surface area contributed by atoms with Gasteiger partial charge in [0.15, 0.2) is 0 Å². The number of alkyl halides is 4. The molecule has 1 atom stereocenters. The van der Waals surface area contributed by atoms with Crippen LogP contribution in [0.4, 0.5) is 0 Å². The molecule has 0 nitrogen and oxygen atoms in total. The van der Waals surface area contributed by atoms with Gasteiger partial charge in [-0.25, -0.2) is 0 Å². The van der Waals surface area contributed by atoms with Gasteiger partial charge in [0.2, 0.25) is 0 Å². The molecule has 0 aromatic carbocycles. The van der Waals surface area contributed by atoms with E-state index < -0.39 is 0 Å². The second-order valence-electron chi connectivity index (χ2n) is 1.87. The van der Waals surface area contributed by atoms with Crippen LogP contribution in [0.1, 0.15) is 6.42 Å². The normalized spacial score (nSPS) is 14.1. The van der Waals surface area contributed by atoms with Crippen LogP contribution in [0, 0.1) is 5.92 Å². The molecule has 0 heterocycles. The molecule has 0 saturated heterocycles. The van der Waals surface area contributed by atoms with Gasteiger partial charge in [0.1, 0.15) is 0 Å². The van der Waals surface area contributed by atoms with E-state index in [9.17, 15) is 0 Å². The molecule has 0 fully saturated rings. The Kier molecular flexibility index (Phi) is 8.31. The summed E-state index contributed by atoms with van der Waals surface area (Å²) in [6.45, 7) is 0. The Hall–Kier alpha value is 1.54. The van der Waals surface area contributed by atoms with E-state index in [-0.39, 0.29) is 5.38 Å². The fourth-order valence-corrected chi connectivity index (χ4v) is 2.85. The van der Waals surface area contributed by atoms with Crippen molar-refractivity contribution in [2.75, 3.05) is 16.5 Å². The lowest BCUT2D eigenvalue weighted by atomic mass is 10.1. The van der Waals surface area contributed by atoms with E-state index in [0.717, 1.165) is 23.0 Å². The van der Waals surface area contributed by atoms with Crippen LogP contribution < -0.4 is 0 Å². The summed E-state index contributed by atoms with van der Waals surface area (Å²) in [5.74, 6) is 1.70. The SMILES string of the molecule is ClC[C](CBr)C(Cl)CCBr. The molecule has 0 aliphatic rings. The van der Waals surface area contributed by atoms with Crippen molar-refractivity contribution in [2.45, 2.75) is 11.8 Å². The van der Waals surface area contributed by atoms with Crippen LogP contribution in [0.15, 0.2) is 0 Å². The molecule has 0 rings (SSSR count). The Morgan fingerprint density at radius 2 is 2.00 bits per heavy atom. The number of hydrogen-bond donors (Lipinski definition) is 0. The van der Waals surface area contributed by atoms with Crippen LogP contribution in [-0.2, 0) is 0 Å². The van der Waals surface area contributed by atoms with Gasteiger partial charge in [0.25, 0.3) is 0 Å². The fraction of sp³-hybridized carbons (Fsp3) is 0.833. The first-order valence-corrected chi connectivity index (χ1v) is 6.14. The summed E-state index contributed by atoms with van der Waals surface area (Å²) in [7, 11) is 0. The summed E-state index contributed by atoms with van der Waals surface area (Å²) in [6, 6.07) is 0. The minimum absolute atomic E-state index is 0.108. The number of halogens is 4. The van der Waals surface area contributed by atoms with Crippen LogP contribution >= 0.6 is 55.1 Å². The van der Waals surface area contributed by atoms with Gasteiger partial charge in [-0.1, -0.05) is 31.9 Å². The molecule has 0 N–H and O–H groups in total. The van der Waals surface area contributed by atoms with Crippen molar-refractivity contribution in [3.05, 3.63) is 5.92 Å². The van der Waals surface area contributed by atoms with Crippen molar-refractivity contribution >= 4 is 55.1 Å². The first kappa shape index (κ1) is 11.5. The summed E-state index contributed by atoms with van der Waals surface area (Å²) in [5, 5.41) is 1.84. The lowest BCUT2D eigenvalue weighted by molar-refractivity contribution is 0.839. The highest BCUT2D eigenvalue weighted by Crippen LogP contribution is 2.21. The van der Waals surface area contributed by atoms with Crippen LogP contribution in [0.2, 0.25) is 0 Å². The summed E-state index contributed by atoms with van der Waals surface area (Å²) >= 11 is 18.2. The van der Waals surface area contributed by atoms with E-state index in [4.69, 9.17) is 23.2 Å². The quantitative estimate of drug-likeness (QED) is 0.681. The molecule has 1 radical (unpaired) electrons. The second kappa shape index (κ2) is 7.20. The van der Waals surface area contributed by atoms with Crippen molar-refractivity contribution in [1.29, 1.82) is 0 Å². The summed E-state index contributed by atoms with van der Waals surface area (Å²) < 4.78 is 0. The third-order valence-electron chi connectivity index (χ3n) is 1.15. The number of rotatable bonds is 5. The lowest BCUT2D eigenvalue weighted by Gasteiger charge is -2.14. The largest absolute Gasteiger partial charge is 0.126 e. The third kappa shape index (κ3) is 4.42. The van der Waals surface area contributed by atoms with E-state index in [1.165, 1.54) is 0 Å². The molecule has 0 aliphatic carbocycles. The minimum atomic E-state index is 0.108. The Bertz CT molecular complexity index is 76.1. The summed E-state index contributed by atoms with van der Waals surface area (Å²) in [4.78, 5) is 0. The van der Waals surface area contributed by atoms with Gasteiger partial charge in [-0.2, -0.15) is 0 Å². The molecule has 0 spiro atoms. The Morgan fingerprint density at radius 1 is 1.40 bits per heavy atom. The zero-order chi connectivity index (χ0) is 7.98. The van der Waals surface area contributed by atoms with Gasteiger partial charge < -0.3 is 0 Å². The van der Waals surface area contributed by atoms with Crippen LogP contribution in [0.3, 0.4) is 0 Å². The third-order valence-corrected chi connectivity index (χ3v) is 3.20. The molecule has 61 valence electrons. The minimum Gasteiger partial charge on any atom is -0.126 e. The maximum absolute atomic E-state index is 5.97. The first-order chi connectivity index (χ1) is 4.76. The molecular weight excluding hydrogens is 303 g/mol. The first-order valence-electron chi connectivity index (χ1n) is 2.92. The predicted octanol–water partition coefficient (Wildman–Crippen LogP) is 3.59. The van der Waals surface area contributed by atoms with Gasteiger partial charge in [-0.3, -0.25) is 0 Å². The van der Waals surface area contributed by atoms with Gasteiger partial charge in [-0.05, 0) is 6.42 Å². The van der Waals surface area contributed by atoms with Crippen molar-refractivity contribution < 1.29 is 0 Å². The zero-order valence-electron chi connectivity index (χ0n) is 5.42. The zero-order valence-corrected chi connectivity index (χ0v) is 10.1. The van der Waals surface area contributed by atoms with Gasteiger partial charge in [-0.15, -0.1) is 23.2 Å². The van der Waals surface area contributed by atoms with Crippen molar-refractivity contribution in [1.82, 2.24) is 0 Å². The maximum Gasteiger partial charge on any atom is 0.0426 e. The highest BCUT2D eigenvalue weighted by Gasteiger charge is 2.16. The molecule has 0 aromatic heterocycles. The Morgan fingerprint density at radius 3 is 2.30 bits per heavy atom. The van der Waals surface area contributed by atoms with Gasteiger partial charge in [0, 0.05) is 27.8 Å². The van der Waals surface area contributed by atoms with Gasteiger partial charge >= 0.3 is 0 Å². The molecule has 0 amide bonds. The smallest absolute Gasteiger partial charge is 0.0426 e. The molecule has 0 aliphatic heterocycles. The monoisotopic (exact) mass is 309 g/mol. The van der Waals surface area contributed by atoms with E-state index in [1.54, 1.807) is 0 Å². The van der Waals surface area contributed by atoms with E-state index in [2.05, 4.69) is 31.9 Å². The standard InChI is InChI=1S/C6H9Br2Cl2/c7-2-1-6(10)5(3-8)4-9/h6H,1-4H2. The topological polar surface area (TPSA) is 0 Å². The fourth-order valence-electron chi connectivity index (χ4n) is 0.503. The highest BCUT2D eigenvalue weighted by molar-refractivity contribution is 9.09. The summed E-state index contributed by atoms with van der Waals surface area (Å²) in [6.07, 6.45) is 0.940. The molecule has 0 saturated carbocycles. The Labute approximate surface area is 88.9 Å². The van der Waals surface area contributed by atoms with E-state index >= 15 is 0 Å². The molecule has 0 aromatic rings. The average molecular weight is 312 g/mol. The number of hydrogen-bond acceptors (Lipinski definition) is 0. The molecule has 10 heavy (non-hydrogen) atoms. The van der Waals surface area contributed by atoms with E-state index in [1.807, 2.05) is 0 Å². The lowest BCUT2D eigenvalue weighted by Crippen LogP contribution is -2.15. The summed E-state index contributed by atoms with van der Waals surface area (Å²) in [5.41, 5.74) is 0. The Balaban J connectivity index is 3.53. The highest BCUT2D eigenvalue weighted by atomic mass is 79.9. The predicted molar refractivity (Wildman–Crippen MR) is 55.8 cm³/mol. The molecule has 4 heteroatoms. The van der Waals surface area contributed by atoms with Crippen LogP contribution in [0.5, 0.6) is 0 Å². The maximum atomic E-state index is 5.97. The average Bonchev–Trinajstić information content (AvgIpc) is 1.91. The van der Waals surface area contributed by atoms with E-state index in [0.29, 0.717) is 5.88 Å². The van der Waals surface area contributed by atoms with Crippen molar-refractivity contribution in [3.8, 4) is 0 Å². The van der Waals surface area contributed by atoms with Crippen molar-refractivity contribution in [2.24, 2.45) is 0 Å². The van der Waals surface area contributed by atoms with Crippen LogP contribution in [0.25, 0.3) is 0 Å². The molecular formula is C6H9Br2Cl2. The molecule has 0 bridgehead atoms. The van der Waals surface area contributed by atoms with Crippen molar-refractivity contribution in [3.63, 3.8) is 0 Å². The van der Waals surface area contributed by atoms with Gasteiger partial charge in [0.05, 0.1) is 0 Å². The molecule has 1 unspecified atom stereocenters. The second-order valence-corrected chi connectivity index (χ2v) is 4.02. The van der Waals surface area contributed by atoms with Crippen LogP contribution in [-0.4, -0.2) is 21.9 Å².